The van der Waals surface area contributed by atoms with E-state index in [4.69, 9.17) is 9.47 Å². The lowest BCUT2D eigenvalue weighted by molar-refractivity contribution is -0.156. The first-order valence-electron chi connectivity index (χ1n) is 12.3. The smallest absolute Gasteiger partial charge is 0.313 e. The quantitative estimate of drug-likeness (QED) is 0.484. The molecule has 0 aliphatic carbocycles. The molecule has 0 aromatic carbocycles. The van der Waals surface area contributed by atoms with Crippen molar-refractivity contribution in [2.75, 3.05) is 19.8 Å². The molecule has 8 heteroatoms. The third-order valence-electron chi connectivity index (χ3n) is 7.62. The van der Waals surface area contributed by atoms with Gasteiger partial charge in [-0.2, -0.15) is 0 Å². The van der Waals surface area contributed by atoms with Crippen molar-refractivity contribution >= 4 is 17.8 Å². The standard InChI is InChI=1S/C26H38N2O6/c1-7-16(14-29)28-20-22(31)27(25(5,6)15-24(2,3)4)12-9-11-26(20)19(21(28)30)18-17(34-26)10-8-13-33-23(18)32/h8-11,16-20,29H,7,12-15H2,1-6H3/t16-,17+,18-,19-,20?,26-/m0/s1. The van der Waals surface area contributed by atoms with Crippen LogP contribution in [0.1, 0.15) is 54.4 Å². The number of fused-ring (bicyclic) bond motifs is 2. The van der Waals surface area contributed by atoms with Crippen LogP contribution in [0.4, 0.5) is 0 Å². The summed E-state index contributed by atoms with van der Waals surface area (Å²) in [5.41, 5.74) is -1.80. The zero-order valence-electron chi connectivity index (χ0n) is 21.1. The van der Waals surface area contributed by atoms with Crippen molar-refractivity contribution in [1.29, 1.82) is 0 Å². The third kappa shape index (κ3) is 3.79. The minimum absolute atomic E-state index is 0.0200. The Bertz CT molecular complexity index is 915. The van der Waals surface area contributed by atoms with Crippen LogP contribution in [0.15, 0.2) is 24.3 Å². The van der Waals surface area contributed by atoms with Crippen LogP contribution < -0.4 is 0 Å². The minimum Gasteiger partial charge on any atom is -0.461 e. The first-order valence-corrected chi connectivity index (χ1v) is 12.3. The summed E-state index contributed by atoms with van der Waals surface area (Å²) in [6.07, 6.45) is 7.80. The van der Waals surface area contributed by atoms with Gasteiger partial charge >= 0.3 is 5.97 Å². The van der Waals surface area contributed by atoms with E-state index < -0.39 is 47.1 Å². The summed E-state index contributed by atoms with van der Waals surface area (Å²) in [6, 6.07) is -1.52. The van der Waals surface area contributed by atoms with Crippen molar-refractivity contribution in [1.82, 2.24) is 9.80 Å². The van der Waals surface area contributed by atoms with Gasteiger partial charge in [-0.05, 0) is 38.2 Å². The van der Waals surface area contributed by atoms with Gasteiger partial charge in [0, 0.05) is 12.1 Å². The minimum atomic E-state index is -1.29. The van der Waals surface area contributed by atoms with Gasteiger partial charge in [-0.25, -0.2) is 0 Å². The summed E-state index contributed by atoms with van der Waals surface area (Å²) in [7, 11) is 0. The highest BCUT2D eigenvalue weighted by Crippen LogP contribution is 2.54. The number of likely N-dealkylation sites (tertiary alicyclic amines) is 1. The Kier molecular flexibility index (Phi) is 6.22. The van der Waals surface area contributed by atoms with Crippen LogP contribution >= 0.6 is 0 Å². The van der Waals surface area contributed by atoms with E-state index in [0.29, 0.717) is 13.0 Å². The van der Waals surface area contributed by atoms with E-state index in [0.717, 1.165) is 6.42 Å². The maximum Gasteiger partial charge on any atom is 0.313 e. The SMILES string of the molecule is CC[C@@H](CO)N1C(=O)[C@@H]2[C@H]3C(=O)OCC=C[C@H]3O[C@@]23C=CCN(C(C)(C)CC(C)(C)C)C(=O)C13. The molecule has 4 aliphatic heterocycles. The molecule has 1 N–H and O–H groups in total. The number of carbonyl (C=O) groups is 3. The number of amides is 2. The molecule has 6 atom stereocenters. The number of hydrogen-bond acceptors (Lipinski definition) is 6. The van der Waals surface area contributed by atoms with Crippen LogP contribution in [0.25, 0.3) is 0 Å². The van der Waals surface area contributed by atoms with Gasteiger partial charge in [0.25, 0.3) is 0 Å². The first-order chi connectivity index (χ1) is 15.9. The molecule has 8 nitrogen and oxygen atoms in total. The number of aliphatic hydroxyl groups is 1. The summed E-state index contributed by atoms with van der Waals surface area (Å²) < 4.78 is 11.9. The molecule has 0 aromatic rings. The monoisotopic (exact) mass is 474 g/mol. The van der Waals surface area contributed by atoms with Gasteiger partial charge in [0.2, 0.25) is 11.8 Å². The molecule has 0 bridgehead atoms. The second kappa shape index (κ2) is 8.48. The second-order valence-electron chi connectivity index (χ2n) is 11.8. The second-order valence-corrected chi connectivity index (χ2v) is 11.8. The molecular weight excluding hydrogens is 436 g/mol. The van der Waals surface area contributed by atoms with Gasteiger partial charge in [-0.15, -0.1) is 0 Å². The van der Waals surface area contributed by atoms with Crippen molar-refractivity contribution in [3.63, 3.8) is 0 Å². The predicted octanol–water partition coefficient (Wildman–Crippen LogP) is 2.06. The Morgan fingerprint density at radius 1 is 1.15 bits per heavy atom. The Morgan fingerprint density at radius 2 is 1.85 bits per heavy atom. The van der Waals surface area contributed by atoms with E-state index in [1.807, 2.05) is 37.8 Å². The van der Waals surface area contributed by atoms with E-state index in [9.17, 15) is 19.5 Å². The number of cyclic esters (lactones) is 1. The summed E-state index contributed by atoms with van der Waals surface area (Å²) >= 11 is 0. The van der Waals surface area contributed by atoms with Crippen molar-refractivity contribution < 1.29 is 29.0 Å². The van der Waals surface area contributed by atoms with Gasteiger partial charge in [0.05, 0.1) is 24.7 Å². The Morgan fingerprint density at radius 3 is 2.47 bits per heavy atom. The van der Waals surface area contributed by atoms with E-state index >= 15 is 0 Å². The van der Waals surface area contributed by atoms with Crippen molar-refractivity contribution in [3.05, 3.63) is 24.3 Å². The average molecular weight is 475 g/mol. The highest BCUT2D eigenvalue weighted by atomic mass is 16.6. The van der Waals surface area contributed by atoms with Crippen molar-refractivity contribution in [2.45, 2.75) is 83.7 Å². The van der Waals surface area contributed by atoms with Crippen LogP contribution in [0.5, 0.6) is 0 Å². The molecule has 1 unspecified atom stereocenters. The maximum absolute atomic E-state index is 14.3. The molecule has 0 saturated carbocycles. The van der Waals surface area contributed by atoms with E-state index in [2.05, 4.69) is 20.8 Å². The van der Waals surface area contributed by atoms with Gasteiger partial charge < -0.3 is 24.4 Å². The van der Waals surface area contributed by atoms with Crippen molar-refractivity contribution in [2.24, 2.45) is 17.3 Å². The Balaban J connectivity index is 1.84. The Labute approximate surface area is 201 Å². The first kappa shape index (κ1) is 24.9. The predicted molar refractivity (Wildman–Crippen MR) is 125 cm³/mol. The fraction of sp³-hybridized carbons (Fsp3) is 0.731. The fourth-order valence-electron chi connectivity index (χ4n) is 6.65. The van der Waals surface area contributed by atoms with Crippen LogP contribution in [-0.2, 0) is 23.9 Å². The number of rotatable bonds is 5. The molecule has 2 saturated heterocycles. The van der Waals surface area contributed by atoms with Gasteiger partial charge in [0.15, 0.2) is 0 Å². The zero-order valence-corrected chi connectivity index (χ0v) is 21.1. The largest absolute Gasteiger partial charge is 0.461 e. The molecule has 4 rings (SSSR count). The lowest BCUT2D eigenvalue weighted by atomic mass is 9.77. The van der Waals surface area contributed by atoms with Crippen LogP contribution in [-0.4, -0.2) is 81.8 Å². The normalized spacial score (nSPS) is 34.4. The molecule has 1 spiro atoms. The lowest BCUT2D eigenvalue weighted by Gasteiger charge is -2.45. The average Bonchev–Trinajstić information content (AvgIpc) is 3.02. The van der Waals surface area contributed by atoms with Gasteiger partial charge in [-0.1, -0.05) is 45.9 Å². The van der Waals surface area contributed by atoms with Crippen molar-refractivity contribution in [3.8, 4) is 0 Å². The van der Waals surface area contributed by atoms with Crippen LogP contribution in [0.2, 0.25) is 0 Å². The summed E-state index contributed by atoms with van der Waals surface area (Å²) in [4.78, 5) is 44.6. The maximum atomic E-state index is 14.3. The third-order valence-corrected chi connectivity index (χ3v) is 7.62. The molecule has 0 aromatic heterocycles. The fourth-order valence-corrected chi connectivity index (χ4v) is 6.65. The number of aliphatic hydroxyl groups excluding tert-OH is 1. The molecule has 4 heterocycles. The molecule has 34 heavy (non-hydrogen) atoms. The van der Waals surface area contributed by atoms with E-state index in [1.54, 1.807) is 12.2 Å². The van der Waals surface area contributed by atoms with E-state index in [1.165, 1.54) is 4.90 Å². The zero-order chi connectivity index (χ0) is 25.1. The van der Waals surface area contributed by atoms with Gasteiger partial charge in [0.1, 0.15) is 24.2 Å². The Hall–Kier alpha value is -2.19. The molecular formula is C26H38N2O6. The van der Waals surface area contributed by atoms with Crippen LogP contribution in [0.3, 0.4) is 0 Å². The van der Waals surface area contributed by atoms with E-state index in [-0.39, 0.29) is 30.4 Å². The molecule has 188 valence electrons. The topological polar surface area (TPSA) is 96.4 Å². The number of carbonyl (C=O) groups excluding carboxylic acids is 3. The molecule has 2 fully saturated rings. The number of ether oxygens (including phenoxy) is 2. The lowest BCUT2D eigenvalue weighted by Crippen LogP contribution is -2.61. The number of esters is 1. The molecule has 0 radical (unpaired) electrons. The summed E-state index contributed by atoms with van der Waals surface area (Å²) in [5, 5.41) is 10.1. The highest BCUT2D eigenvalue weighted by molar-refractivity contribution is 5.99. The highest BCUT2D eigenvalue weighted by Gasteiger charge is 2.72. The summed E-state index contributed by atoms with van der Waals surface area (Å²) in [5.74, 6) is -2.75. The molecule has 2 amide bonds. The van der Waals surface area contributed by atoms with Gasteiger partial charge in [-0.3, -0.25) is 14.4 Å². The summed E-state index contributed by atoms with van der Waals surface area (Å²) in [6.45, 7) is 12.6. The van der Waals surface area contributed by atoms with Crippen LogP contribution in [0, 0.1) is 17.3 Å². The number of hydrogen-bond donors (Lipinski definition) is 1. The molecule has 4 aliphatic rings. The number of nitrogens with zero attached hydrogens (tertiary/aromatic N) is 2.